The molecule has 14 heavy (non-hydrogen) atoms. The molecule has 1 unspecified atom stereocenters. The molecular formula is C11H13N3. The second-order valence-electron chi connectivity index (χ2n) is 3.41. The summed E-state index contributed by atoms with van der Waals surface area (Å²) in [4.78, 5) is 11.4. The van der Waals surface area contributed by atoms with Gasteiger partial charge in [-0.15, -0.1) is 0 Å². The van der Waals surface area contributed by atoms with Gasteiger partial charge >= 0.3 is 0 Å². The Morgan fingerprint density at radius 2 is 2.29 bits per heavy atom. The summed E-state index contributed by atoms with van der Waals surface area (Å²) in [6.07, 6.45) is 5.38. The molecule has 0 aromatic carbocycles. The predicted octanol–water partition coefficient (Wildman–Crippen LogP) is 2.26. The van der Waals surface area contributed by atoms with E-state index in [1.807, 2.05) is 25.4 Å². The largest absolute Gasteiger partial charge is 0.348 e. The van der Waals surface area contributed by atoms with Crippen molar-refractivity contribution in [3.63, 3.8) is 0 Å². The van der Waals surface area contributed by atoms with E-state index in [1.54, 1.807) is 6.33 Å². The molecule has 0 saturated carbocycles. The molecule has 0 saturated heterocycles. The third-order valence-corrected chi connectivity index (χ3v) is 2.50. The number of nitrogens with one attached hydrogen (secondary N) is 1. The van der Waals surface area contributed by atoms with Gasteiger partial charge in [-0.1, -0.05) is 13.0 Å². The molecule has 0 aliphatic rings. The Morgan fingerprint density at radius 1 is 1.43 bits per heavy atom. The lowest BCUT2D eigenvalue weighted by atomic mass is 9.97. The van der Waals surface area contributed by atoms with Gasteiger partial charge in [0.05, 0.1) is 6.33 Å². The quantitative estimate of drug-likeness (QED) is 0.783. The molecule has 0 spiro atoms. The molecule has 2 heterocycles. The fourth-order valence-corrected chi connectivity index (χ4v) is 1.63. The number of H-pyrrole nitrogens is 1. The standard InChI is InChI=1S/C11H13N3/c1-8(11-6-12-7-14-11)10-4-3-5-13-9(10)2/h3-8H,1-2H3,(H,12,14). The highest BCUT2D eigenvalue weighted by molar-refractivity contribution is 5.28. The van der Waals surface area contributed by atoms with Crippen molar-refractivity contribution in [1.29, 1.82) is 0 Å². The van der Waals surface area contributed by atoms with Crippen LogP contribution >= 0.6 is 0 Å². The Hall–Kier alpha value is -1.64. The molecule has 0 amide bonds. The lowest BCUT2D eigenvalue weighted by molar-refractivity contribution is 0.860. The van der Waals surface area contributed by atoms with Crippen LogP contribution < -0.4 is 0 Å². The third kappa shape index (κ3) is 1.53. The topological polar surface area (TPSA) is 41.6 Å². The zero-order valence-corrected chi connectivity index (χ0v) is 8.36. The van der Waals surface area contributed by atoms with Gasteiger partial charge in [0.1, 0.15) is 0 Å². The van der Waals surface area contributed by atoms with Crippen LogP contribution in [0.4, 0.5) is 0 Å². The monoisotopic (exact) mass is 187 g/mol. The highest BCUT2D eigenvalue weighted by Crippen LogP contribution is 2.23. The van der Waals surface area contributed by atoms with Gasteiger partial charge in [0, 0.05) is 29.7 Å². The van der Waals surface area contributed by atoms with Gasteiger partial charge in [-0.3, -0.25) is 4.98 Å². The zero-order chi connectivity index (χ0) is 9.97. The van der Waals surface area contributed by atoms with Gasteiger partial charge in [-0.25, -0.2) is 4.98 Å². The maximum absolute atomic E-state index is 4.28. The molecule has 3 nitrogen and oxygen atoms in total. The third-order valence-electron chi connectivity index (χ3n) is 2.50. The first-order chi connectivity index (χ1) is 6.79. The van der Waals surface area contributed by atoms with E-state index in [-0.39, 0.29) is 0 Å². The molecule has 2 rings (SSSR count). The smallest absolute Gasteiger partial charge is 0.0921 e. The average Bonchev–Trinajstić information content (AvgIpc) is 2.70. The maximum Gasteiger partial charge on any atom is 0.0921 e. The van der Waals surface area contributed by atoms with E-state index in [2.05, 4.69) is 27.9 Å². The van der Waals surface area contributed by atoms with Gasteiger partial charge < -0.3 is 4.98 Å². The average molecular weight is 187 g/mol. The Balaban J connectivity index is 2.37. The molecule has 0 fully saturated rings. The molecule has 2 aromatic rings. The van der Waals surface area contributed by atoms with E-state index in [1.165, 1.54) is 5.56 Å². The number of rotatable bonds is 2. The first-order valence-electron chi connectivity index (χ1n) is 4.69. The van der Waals surface area contributed by atoms with Crippen molar-refractivity contribution in [1.82, 2.24) is 15.0 Å². The van der Waals surface area contributed by atoms with Gasteiger partial charge in [-0.05, 0) is 18.6 Å². The lowest BCUT2D eigenvalue weighted by Crippen LogP contribution is -2.00. The van der Waals surface area contributed by atoms with Crippen LogP contribution in [0.1, 0.15) is 29.8 Å². The van der Waals surface area contributed by atoms with Crippen LogP contribution in [0, 0.1) is 6.92 Å². The molecule has 3 heteroatoms. The summed E-state index contributed by atoms with van der Waals surface area (Å²) in [6, 6.07) is 4.07. The fraction of sp³-hybridized carbons (Fsp3) is 0.273. The van der Waals surface area contributed by atoms with E-state index < -0.39 is 0 Å². The Kier molecular flexibility index (Phi) is 2.31. The minimum atomic E-state index is 0.325. The number of aromatic amines is 1. The summed E-state index contributed by atoms with van der Waals surface area (Å²) in [7, 11) is 0. The Labute approximate surface area is 83.2 Å². The highest BCUT2D eigenvalue weighted by atomic mass is 14.9. The second kappa shape index (κ2) is 3.62. The molecule has 0 radical (unpaired) electrons. The van der Waals surface area contributed by atoms with Crippen molar-refractivity contribution in [3.8, 4) is 0 Å². The summed E-state index contributed by atoms with van der Waals surface area (Å²) < 4.78 is 0. The van der Waals surface area contributed by atoms with Crippen molar-refractivity contribution in [2.75, 3.05) is 0 Å². The summed E-state index contributed by atoms with van der Waals surface area (Å²) in [5, 5.41) is 0. The van der Waals surface area contributed by atoms with Crippen LogP contribution in [-0.2, 0) is 0 Å². The summed E-state index contributed by atoms with van der Waals surface area (Å²) in [6.45, 7) is 4.18. The molecule has 1 atom stereocenters. The molecule has 0 aliphatic heterocycles. The van der Waals surface area contributed by atoms with Crippen LogP contribution in [-0.4, -0.2) is 15.0 Å². The van der Waals surface area contributed by atoms with Gasteiger partial charge in [0.2, 0.25) is 0 Å². The van der Waals surface area contributed by atoms with E-state index in [0.29, 0.717) is 5.92 Å². The first kappa shape index (κ1) is 8.94. The van der Waals surface area contributed by atoms with Crippen LogP contribution in [0.5, 0.6) is 0 Å². The minimum absolute atomic E-state index is 0.325. The summed E-state index contributed by atoms with van der Waals surface area (Å²) in [5.41, 5.74) is 3.45. The van der Waals surface area contributed by atoms with E-state index in [4.69, 9.17) is 0 Å². The molecule has 0 bridgehead atoms. The fourth-order valence-electron chi connectivity index (χ4n) is 1.63. The second-order valence-corrected chi connectivity index (χ2v) is 3.41. The van der Waals surface area contributed by atoms with Crippen molar-refractivity contribution in [2.45, 2.75) is 19.8 Å². The number of imidazole rings is 1. The summed E-state index contributed by atoms with van der Waals surface area (Å²) >= 11 is 0. The number of hydrogen-bond donors (Lipinski definition) is 1. The number of hydrogen-bond acceptors (Lipinski definition) is 2. The van der Waals surface area contributed by atoms with Crippen LogP contribution in [0.25, 0.3) is 0 Å². The van der Waals surface area contributed by atoms with Gasteiger partial charge in [-0.2, -0.15) is 0 Å². The summed E-state index contributed by atoms with van der Waals surface area (Å²) in [5.74, 6) is 0.325. The number of pyridine rings is 1. The number of aromatic nitrogens is 3. The van der Waals surface area contributed by atoms with Crippen molar-refractivity contribution < 1.29 is 0 Å². The van der Waals surface area contributed by atoms with E-state index in [0.717, 1.165) is 11.4 Å². The predicted molar refractivity (Wildman–Crippen MR) is 55.1 cm³/mol. The van der Waals surface area contributed by atoms with Crippen LogP contribution in [0.2, 0.25) is 0 Å². The zero-order valence-electron chi connectivity index (χ0n) is 8.36. The molecule has 2 aromatic heterocycles. The number of aryl methyl sites for hydroxylation is 1. The van der Waals surface area contributed by atoms with Crippen LogP contribution in [0.3, 0.4) is 0 Å². The normalized spacial score (nSPS) is 12.7. The van der Waals surface area contributed by atoms with Crippen molar-refractivity contribution >= 4 is 0 Å². The Morgan fingerprint density at radius 3 is 2.93 bits per heavy atom. The molecule has 0 aliphatic carbocycles. The molecule has 1 N–H and O–H groups in total. The van der Waals surface area contributed by atoms with Crippen molar-refractivity contribution in [3.05, 3.63) is 47.8 Å². The Bertz CT molecular complexity index is 406. The van der Waals surface area contributed by atoms with E-state index >= 15 is 0 Å². The maximum atomic E-state index is 4.28. The number of nitrogens with zero attached hydrogens (tertiary/aromatic N) is 2. The van der Waals surface area contributed by atoms with Crippen LogP contribution in [0.15, 0.2) is 30.9 Å². The first-order valence-corrected chi connectivity index (χ1v) is 4.69. The minimum Gasteiger partial charge on any atom is -0.348 e. The SMILES string of the molecule is Cc1ncccc1C(C)c1cnc[nH]1. The van der Waals surface area contributed by atoms with Gasteiger partial charge in [0.25, 0.3) is 0 Å². The molecule has 72 valence electrons. The highest BCUT2D eigenvalue weighted by Gasteiger charge is 2.11. The lowest BCUT2D eigenvalue weighted by Gasteiger charge is -2.11. The van der Waals surface area contributed by atoms with Crippen molar-refractivity contribution in [2.24, 2.45) is 0 Å². The van der Waals surface area contributed by atoms with E-state index in [9.17, 15) is 0 Å². The van der Waals surface area contributed by atoms with Gasteiger partial charge in [0.15, 0.2) is 0 Å². The molecular weight excluding hydrogens is 174 g/mol.